The van der Waals surface area contributed by atoms with Crippen LogP contribution in [0.25, 0.3) is 0 Å². The smallest absolute Gasteiger partial charge is 0.221 e. The van der Waals surface area contributed by atoms with Crippen LogP contribution in [0.2, 0.25) is 0 Å². The van der Waals surface area contributed by atoms with Crippen molar-refractivity contribution in [2.24, 2.45) is 0 Å². The molecular weight excluding hydrogens is 190 g/mol. The summed E-state index contributed by atoms with van der Waals surface area (Å²) in [4.78, 5) is 11.3. The van der Waals surface area contributed by atoms with Crippen molar-refractivity contribution < 1.29 is 4.79 Å². The van der Waals surface area contributed by atoms with Gasteiger partial charge in [0.05, 0.1) is 6.07 Å². The van der Waals surface area contributed by atoms with E-state index < -0.39 is 0 Å². The summed E-state index contributed by atoms with van der Waals surface area (Å²) in [7, 11) is 0. The topological polar surface area (TPSA) is 64.9 Å². The number of nitrogens with zero attached hydrogens (tertiary/aromatic N) is 1. The second kappa shape index (κ2) is 7.24. The fourth-order valence-corrected chi connectivity index (χ4v) is 1.32. The Hall–Kier alpha value is -1.08. The van der Waals surface area contributed by atoms with E-state index in [1.165, 1.54) is 12.8 Å². The maximum atomic E-state index is 11.3. The van der Waals surface area contributed by atoms with Crippen LogP contribution in [-0.2, 0) is 4.79 Å². The predicted octanol–water partition coefficient (Wildman–Crippen LogP) is 0.939. The molecule has 0 aliphatic heterocycles. The lowest BCUT2D eigenvalue weighted by Gasteiger charge is -2.04. The average molecular weight is 209 g/mol. The maximum absolute atomic E-state index is 11.3. The summed E-state index contributed by atoms with van der Waals surface area (Å²) >= 11 is 0. The van der Waals surface area contributed by atoms with Gasteiger partial charge in [-0.15, -0.1) is 0 Å². The van der Waals surface area contributed by atoms with Crippen LogP contribution in [0, 0.1) is 11.3 Å². The Morgan fingerprint density at radius 1 is 1.33 bits per heavy atom. The van der Waals surface area contributed by atoms with Crippen LogP contribution in [0.5, 0.6) is 0 Å². The highest BCUT2D eigenvalue weighted by molar-refractivity contribution is 5.75. The van der Waals surface area contributed by atoms with E-state index in [0.29, 0.717) is 25.4 Å². The molecule has 0 aromatic heterocycles. The Bertz CT molecular complexity index is 230. The molecule has 1 fully saturated rings. The Balaban J connectivity index is 1.82. The van der Waals surface area contributed by atoms with E-state index in [4.69, 9.17) is 5.26 Å². The molecule has 1 amide bonds. The van der Waals surface area contributed by atoms with Crippen molar-refractivity contribution in [3.05, 3.63) is 0 Å². The van der Waals surface area contributed by atoms with Crippen LogP contribution in [0.3, 0.4) is 0 Å². The first kappa shape index (κ1) is 12.0. The number of carbonyl (C=O) groups excluding carboxylic acids is 1. The zero-order valence-electron chi connectivity index (χ0n) is 9.09. The van der Waals surface area contributed by atoms with Gasteiger partial charge in [-0.3, -0.25) is 4.79 Å². The molecule has 0 radical (unpaired) electrons. The molecule has 0 bridgehead atoms. The molecule has 4 heteroatoms. The highest BCUT2D eigenvalue weighted by Gasteiger charge is 2.19. The number of amides is 1. The minimum absolute atomic E-state index is 0.111. The van der Waals surface area contributed by atoms with E-state index in [1.54, 1.807) is 0 Å². The molecule has 2 N–H and O–H groups in total. The molecule has 0 spiro atoms. The Morgan fingerprint density at radius 2 is 2.13 bits per heavy atom. The van der Waals surface area contributed by atoms with Gasteiger partial charge in [0.15, 0.2) is 0 Å². The van der Waals surface area contributed by atoms with Gasteiger partial charge in [0.25, 0.3) is 0 Å². The van der Waals surface area contributed by atoms with E-state index >= 15 is 0 Å². The van der Waals surface area contributed by atoms with Crippen molar-refractivity contribution in [2.75, 3.05) is 13.1 Å². The van der Waals surface area contributed by atoms with Gasteiger partial charge in [0.2, 0.25) is 5.91 Å². The lowest BCUT2D eigenvalue weighted by Crippen LogP contribution is -2.29. The summed E-state index contributed by atoms with van der Waals surface area (Å²) in [6.45, 7) is 1.48. The lowest BCUT2D eigenvalue weighted by molar-refractivity contribution is -0.121. The summed E-state index contributed by atoms with van der Waals surface area (Å²) in [6.07, 6.45) is 5.44. The van der Waals surface area contributed by atoms with Gasteiger partial charge in [-0.05, 0) is 25.7 Å². The predicted molar refractivity (Wildman–Crippen MR) is 58.1 cm³/mol. The Kier molecular flexibility index (Phi) is 5.79. The molecule has 0 saturated heterocycles. The monoisotopic (exact) mass is 209 g/mol. The molecule has 1 saturated carbocycles. The minimum atomic E-state index is 0.111. The molecule has 0 atom stereocenters. The summed E-state index contributed by atoms with van der Waals surface area (Å²) in [6, 6.07) is 2.76. The van der Waals surface area contributed by atoms with Gasteiger partial charge in [0.1, 0.15) is 0 Å². The maximum Gasteiger partial charge on any atom is 0.221 e. The van der Waals surface area contributed by atoms with Crippen LogP contribution in [-0.4, -0.2) is 25.0 Å². The Morgan fingerprint density at radius 3 is 2.80 bits per heavy atom. The average Bonchev–Trinajstić information content (AvgIpc) is 3.01. The summed E-state index contributed by atoms with van der Waals surface area (Å²) < 4.78 is 0. The van der Waals surface area contributed by atoms with Gasteiger partial charge >= 0.3 is 0 Å². The summed E-state index contributed by atoms with van der Waals surface area (Å²) in [5.41, 5.74) is 0. The molecule has 1 aliphatic carbocycles. The first-order valence-electron chi connectivity index (χ1n) is 5.70. The van der Waals surface area contributed by atoms with E-state index in [9.17, 15) is 4.79 Å². The fourth-order valence-electron chi connectivity index (χ4n) is 1.32. The van der Waals surface area contributed by atoms with E-state index in [1.807, 2.05) is 0 Å². The molecule has 1 rings (SSSR count). The molecule has 0 aromatic carbocycles. The van der Waals surface area contributed by atoms with Crippen LogP contribution in [0.4, 0.5) is 0 Å². The zero-order chi connectivity index (χ0) is 10.9. The van der Waals surface area contributed by atoms with Crippen molar-refractivity contribution >= 4 is 5.91 Å². The normalized spacial score (nSPS) is 14.6. The third kappa shape index (κ3) is 6.92. The van der Waals surface area contributed by atoms with Gasteiger partial charge < -0.3 is 10.6 Å². The van der Waals surface area contributed by atoms with E-state index in [2.05, 4.69) is 16.7 Å². The van der Waals surface area contributed by atoms with Crippen LogP contribution in [0.15, 0.2) is 0 Å². The molecule has 1 aliphatic rings. The number of rotatable bonds is 8. The molecule has 4 nitrogen and oxygen atoms in total. The van der Waals surface area contributed by atoms with E-state index in [0.717, 1.165) is 19.4 Å². The number of nitriles is 1. The van der Waals surface area contributed by atoms with Gasteiger partial charge in [-0.2, -0.15) is 5.26 Å². The van der Waals surface area contributed by atoms with Gasteiger partial charge in [0, 0.05) is 32.0 Å². The number of hydrogen-bond acceptors (Lipinski definition) is 3. The van der Waals surface area contributed by atoms with Crippen molar-refractivity contribution in [3.63, 3.8) is 0 Å². The highest BCUT2D eigenvalue weighted by atomic mass is 16.1. The van der Waals surface area contributed by atoms with E-state index in [-0.39, 0.29) is 5.91 Å². The first-order valence-corrected chi connectivity index (χ1v) is 5.70. The number of nitrogens with one attached hydrogen (secondary N) is 2. The van der Waals surface area contributed by atoms with Crippen LogP contribution < -0.4 is 10.6 Å². The zero-order valence-corrected chi connectivity index (χ0v) is 9.09. The van der Waals surface area contributed by atoms with Crippen LogP contribution in [0.1, 0.15) is 38.5 Å². The second-order valence-corrected chi connectivity index (χ2v) is 3.94. The molecule has 84 valence electrons. The molecule has 0 aromatic rings. The van der Waals surface area contributed by atoms with Gasteiger partial charge in [-0.1, -0.05) is 0 Å². The van der Waals surface area contributed by atoms with Crippen LogP contribution >= 0.6 is 0 Å². The third-order valence-corrected chi connectivity index (χ3v) is 2.40. The van der Waals surface area contributed by atoms with Crippen molar-refractivity contribution in [1.82, 2.24) is 10.6 Å². The molecular formula is C11H19N3O. The molecule has 15 heavy (non-hydrogen) atoms. The summed E-state index contributed by atoms with van der Waals surface area (Å²) in [5.74, 6) is 0.111. The third-order valence-electron chi connectivity index (χ3n) is 2.40. The quantitative estimate of drug-likeness (QED) is 0.585. The Labute approximate surface area is 91.0 Å². The summed E-state index contributed by atoms with van der Waals surface area (Å²) in [5, 5.41) is 14.4. The number of hydrogen-bond donors (Lipinski definition) is 2. The molecule has 0 heterocycles. The number of carbonyl (C=O) groups is 1. The standard InChI is InChI=1S/C11H19N3O/c12-7-2-1-3-8-14-11(15)6-9-13-10-4-5-10/h10,13H,1-6,8-9H2,(H,14,15). The highest BCUT2D eigenvalue weighted by Crippen LogP contribution is 2.18. The van der Waals surface area contributed by atoms with Crippen molar-refractivity contribution in [1.29, 1.82) is 5.26 Å². The lowest BCUT2D eigenvalue weighted by atomic mass is 10.2. The van der Waals surface area contributed by atoms with Crippen molar-refractivity contribution in [2.45, 2.75) is 44.6 Å². The fraction of sp³-hybridized carbons (Fsp3) is 0.818. The first-order chi connectivity index (χ1) is 7.33. The number of unbranched alkanes of at least 4 members (excludes halogenated alkanes) is 2. The van der Waals surface area contributed by atoms with Gasteiger partial charge in [-0.25, -0.2) is 0 Å². The minimum Gasteiger partial charge on any atom is -0.356 e. The van der Waals surface area contributed by atoms with Crippen molar-refractivity contribution in [3.8, 4) is 6.07 Å². The molecule has 0 unspecified atom stereocenters. The SMILES string of the molecule is N#CCCCCNC(=O)CCNC1CC1. The second-order valence-electron chi connectivity index (χ2n) is 3.94. The largest absolute Gasteiger partial charge is 0.356 e.